The molecule has 0 bridgehead atoms. The van der Waals surface area contributed by atoms with Crippen LogP contribution in [0.25, 0.3) is 0 Å². The molecule has 0 saturated heterocycles. The molecule has 1 saturated carbocycles. The van der Waals surface area contributed by atoms with Crippen LogP contribution >= 0.6 is 0 Å². The summed E-state index contributed by atoms with van der Waals surface area (Å²) in [5.41, 5.74) is 6.04. The first kappa shape index (κ1) is 11.0. The molecule has 1 fully saturated rings. The van der Waals surface area contributed by atoms with Gasteiger partial charge >= 0.3 is 0 Å². The molecule has 1 rings (SSSR count). The molecule has 2 atom stereocenters. The van der Waals surface area contributed by atoms with Gasteiger partial charge in [0.15, 0.2) is 0 Å². The Balaban J connectivity index is 2.18. The topological polar surface area (TPSA) is 29.3 Å². The molecule has 0 spiro atoms. The standard InChI is InChI=1S/C11H24N2/c1-3-4-5-9-13(2)11-8-6-7-10(11)12/h10-11H,3-9,12H2,1-2H3. The van der Waals surface area contributed by atoms with E-state index in [-0.39, 0.29) is 0 Å². The number of rotatable bonds is 5. The predicted molar refractivity (Wildman–Crippen MR) is 57.8 cm³/mol. The maximum Gasteiger partial charge on any atom is 0.0244 e. The normalized spacial score (nSPS) is 28.6. The average Bonchev–Trinajstić information content (AvgIpc) is 2.52. The zero-order chi connectivity index (χ0) is 9.68. The van der Waals surface area contributed by atoms with Crippen molar-refractivity contribution >= 4 is 0 Å². The van der Waals surface area contributed by atoms with Crippen LogP contribution in [0.2, 0.25) is 0 Å². The van der Waals surface area contributed by atoms with Crippen molar-refractivity contribution in [1.29, 1.82) is 0 Å². The van der Waals surface area contributed by atoms with Crippen molar-refractivity contribution in [2.45, 2.75) is 57.5 Å². The second kappa shape index (κ2) is 5.61. The maximum atomic E-state index is 6.04. The van der Waals surface area contributed by atoms with Crippen LogP contribution in [-0.4, -0.2) is 30.6 Å². The summed E-state index contributed by atoms with van der Waals surface area (Å²) in [6.45, 7) is 3.48. The summed E-state index contributed by atoms with van der Waals surface area (Å²) in [5, 5.41) is 0. The quantitative estimate of drug-likeness (QED) is 0.662. The minimum atomic E-state index is 0.437. The molecule has 0 radical (unpaired) electrons. The smallest absolute Gasteiger partial charge is 0.0244 e. The molecule has 0 aromatic rings. The van der Waals surface area contributed by atoms with E-state index in [0.717, 1.165) is 0 Å². The van der Waals surface area contributed by atoms with Crippen molar-refractivity contribution < 1.29 is 0 Å². The van der Waals surface area contributed by atoms with Crippen molar-refractivity contribution in [3.63, 3.8) is 0 Å². The van der Waals surface area contributed by atoms with Crippen LogP contribution in [0.5, 0.6) is 0 Å². The lowest BCUT2D eigenvalue weighted by molar-refractivity contribution is 0.224. The van der Waals surface area contributed by atoms with Gasteiger partial charge in [-0.15, -0.1) is 0 Å². The highest BCUT2D eigenvalue weighted by Crippen LogP contribution is 2.21. The van der Waals surface area contributed by atoms with Crippen molar-refractivity contribution in [1.82, 2.24) is 4.90 Å². The summed E-state index contributed by atoms with van der Waals surface area (Å²) in [7, 11) is 2.23. The van der Waals surface area contributed by atoms with Gasteiger partial charge in [-0.2, -0.15) is 0 Å². The number of nitrogens with two attached hydrogens (primary N) is 1. The zero-order valence-corrected chi connectivity index (χ0v) is 9.13. The molecule has 0 heterocycles. The predicted octanol–water partition coefficient (Wildman–Crippen LogP) is 1.99. The molecule has 2 heteroatoms. The fourth-order valence-corrected chi connectivity index (χ4v) is 2.29. The van der Waals surface area contributed by atoms with Gasteiger partial charge in [0.1, 0.15) is 0 Å². The van der Waals surface area contributed by atoms with E-state index < -0.39 is 0 Å². The Bertz CT molecular complexity index is 136. The van der Waals surface area contributed by atoms with E-state index in [1.807, 2.05) is 0 Å². The van der Waals surface area contributed by atoms with Gasteiger partial charge in [0, 0.05) is 12.1 Å². The molecule has 0 aromatic heterocycles. The fourth-order valence-electron chi connectivity index (χ4n) is 2.29. The Kier molecular flexibility index (Phi) is 4.74. The Morgan fingerprint density at radius 2 is 2.08 bits per heavy atom. The number of unbranched alkanes of at least 4 members (excludes halogenated alkanes) is 2. The van der Waals surface area contributed by atoms with Crippen molar-refractivity contribution in [2.24, 2.45) is 5.73 Å². The molecule has 78 valence electrons. The Labute approximate surface area is 82.5 Å². The molecule has 0 aliphatic heterocycles. The zero-order valence-electron chi connectivity index (χ0n) is 9.13. The molecule has 1 aliphatic rings. The maximum absolute atomic E-state index is 6.04. The van der Waals surface area contributed by atoms with Gasteiger partial charge in [0.25, 0.3) is 0 Å². The van der Waals surface area contributed by atoms with E-state index in [1.54, 1.807) is 0 Å². The first-order valence-electron chi connectivity index (χ1n) is 5.71. The van der Waals surface area contributed by atoms with Crippen LogP contribution in [0.15, 0.2) is 0 Å². The third kappa shape index (κ3) is 3.28. The first-order chi connectivity index (χ1) is 6.25. The number of likely N-dealkylation sites (N-methyl/N-ethyl adjacent to an activating group) is 1. The number of hydrogen-bond donors (Lipinski definition) is 1. The molecule has 2 unspecified atom stereocenters. The lowest BCUT2D eigenvalue weighted by Gasteiger charge is -2.27. The van der Waals surface area contributed by atoms with Crippen LogP contribution in [0.3, 0.4) is 0 Å². The van der Waals surface area contributed by atoms with Gasteiger partial charge in [0.05, 0.1) is 0 Å². The minimum absolute atomic E-state index is 0.437. The van der Waals surface area contributed by atoms with Gasteiger partial charge in [-0.05, 0) is 32.9 Å². The van der Waals surface area contributed by atoms with E-state index in [0.29, 0.717) is 12.1 Å². The highest BCUT2D eigenvalue weighted by Gasteiger charge is 2.26. The molecule has 13 heavy (non-hydrogen) atoms. The van der Waals surface area contributed by atoms with Crippen molar-refractivity contribution in [3.8, 4) is 0 Å². The van der Waals surface area contributed by atoms with Gasteiger partial charge in [-0.25, -0.2) is 0 Å². The molecule has 0 aromatic carbocycles. The summed E-state index contributed by atoms with van der Waals surface area (Å²) < 4.78 is 0. The van der Waals surface area contributed by atoms with Crippen LogP contribution in [-0.2, 0) is 0 Å². The first-order valence-corrected chi connectivity index (χ1v) is 5.71. The molecule has 2 N–H and O–H groups in total. The molecule has 1 aliphatic carbocycles. The van der Waals surface area contributed by atoms with Crippen LogP contribution in [0.1, 0.15) is 45.4 Å². The summed E-state index contributed by atoms with van der Waals surface area (Å²) in [6, 6.07) is 1.10. The van der Waals surface area contributed by atoms with E-state index in [9.17, 15) is 0 Å². The molecule has 0 amide bonds. The second-order valence-electron chi connectivity index (χ2n) is 4.35. The van der Waals surface area contributed by atoms with Gasteiger partial charge < -0.3 is 10.6 Å². The van der Waals surface area contributed by atoms with Gasteiger partial charge in [0.2, 0.25) is 0 Å². The van der Waals surface area contributed by atoms with Crippen molar-refractivity contribution in [2.75, 3.05) is 13.6 Å². The minimum Gasteiger partial charge on any atom is -0.326 e. The lowest BCUT2D eigenvalue weighted by atomic mass is 10.1. The monoisotopic (exact) mass is 184 g/mol. The largest absolute Gasteiger partial charge is 0.326 e. The van der Waals surface area contributed by atoms with Crippen molar-refractivity contribution in [3.05, 3.63) is 0 Å². The molecular weight excluding hydrogens is 160 g/mol. The van der Waals surface area contributed by atoms with E-state index in [2.05, 4.69) is 18.9 Å². The second-order valence-corrected chi connectivity index (χ2v) is 4.35. The van der Waals surface area contributed by atoms with Gasteiger partial charge in [-0.3, -0.25) is 0 Å². The summed E-state index contributed by atoms with van der Waals surface area (Å²) in [5.74, 6) is 0. The van der Waals surface area contributed by atoms with Crippen LogP contribution in [0, 0.1) is 0 Å². The third-order valence-electron chi connectivity index (χ3n) is 3.21. The van der Waals surface area contributed by atoms with Crippen LogP contribution in [0.4, 0.5) is 0 Å². The highest BCUT2D eigenvalue weighted by molar-refractivity contribution is 4.86. The Morgan fingerprint density at radius 1 is 1.31 bits per heavy atom. The van der Waals surface area contributed by atoms with E-state index in [4.69, 9.17) is 5.73 Å². The Hall–Kier alpha value is -0.0800. The highest BCUT2D eigenvalue weighted by atomic mass is 15.1. The van der Waals surface area contributed by atoms with E-state index in [1.165, 1.54) is 45.1 Å². The summed E-state index contributed by atoms with van der Waals surface area (Å²) in [6.07, 6.45) is 7.85. The molecular formula is C11H24N2. The van der Waals surface area contributed by atoms with Crippen LogP contribution < -0.4 is 5.73 Å². The van der Waals surface area contributed by atoms with Gasteiger partial charge in [-0.1, -0.05) is 26.2 Å². The fraction of sp³-hybridized carbons (Fsp3) is 1.00. The van der Waals surface area contributed by atoms with E-state index >= 15 is 0 Å². The SMILES string of the molecule is CCCCCN(C)C1CCCC1N. The Morgan fingerprint density at radius 3 is 2.62 bits per heavy atom. The molecule has 2 nitrogen and oxygen atoms in total. The average molecular weight is 184 g/mol. The number of nitrogens with zero attached hydrogens (tertiary/aromatic N) is 1. The summed E-state index contributed by atoms with van der Waals surface area (Å²) >= 11 is 0. The number of hydrogen-bond acceptors (Lipinski definition) is 2. The summed E-state index contributed by atoms with van der Waals surface area (Å²) in [4.78, 5) is 2.47. The third-order valence-corrected chi connectivity index (χ3v) is 3.21. The lowest BCUT2D eigenvalue weighted by Crippen LogP contribution is -2.42.